The van der Waals surface area contributed by atoms with Gasteiger partial charge >= 0.3 is 0 Å². The summed E-state index contributed by atoms with van der Waals surface area (Å²) in [6.07, 6.45) is 3.46. The van der Waals surface area contributed by atoms with Gasteiger partial charge in [0, 0.05) is 48.5 Å². The van der Waals surface area contributed by atoms with Crippen molar-refractivity contribution in [3.05, 3.63) is 65.2 Å². The van der Waals surface area contributed by atoms with Crippen LogP contribution in [0.2, 0.25) is 5.02 Å². The molecule has 0 atom stereocenters. The predicted molar refractivity (Wildman–Crippen MR) is 107 cm³/mol. The van der Waals surface area contributed by atoms with Gasteiger partial charge in [-0.15, -0.1) is 0 Å². The summed E-state index contributed by atoms with van der Waals surface area (Å²) in [7, 11) is 0. The number of benzene rings is 2. The molecular weight excluding hydrogens is 348 g/mol. The van der Waals surface area contributed by atoms with Gasteiger partial charge in [0.1, 0.15) is 5.75 Å². The van der Waals surface area contributed by atoms with Crippen LogP contribution in [0.25, 0.3) is 6.08 Å². The van der Waals surface area contributed by atoms with Crippen molar-refractivity contribution in [1.29, 1.82) is 0 Å². The average molecular weight is 371 g/mol. The Bertz CT molecular complexity index is 783. The van der Waals surface area contributed by atoms with E-state index in [2.05, 4.69) is 4.90 Å². The standard InChI is InChI=1S/C21H23ClN2O2/c1-2-26-20-9-4-3-6-17(20)10-11-21(25)24-14-12-23(13-15-24)19-8-5-7-18(22)16-19/h3-11,16H,2,12-15H2,1H3/b11-10+. The molecule has 1 aliphatic heterocycles. The number of para-hydroxylation sites is 1. The van der Waals surface area contributed by atoms with Crippen LogP contribution in [0, 0.1) is 0 Å². The highest BCUT2D eigenvalue weighted by Crippen LogP contribution is 2.22. The zero-order valence-corrected chi connectivity index (χ0v) is 15.7. The van der Waals surface area contributed by atoms with Crippen LogP contribution in [0.15, 0.2) is 54.6 Å². The Kier molecular flexibility index (Phi) is 6.18. The molecule has 4 nitrogen and oxygen atoms in total. The number of hydrogen-bond donors (Lipinski definition) is 0. The molecule has 136 valence electrons. The molecular formula is C21H23ClN2O2. The maximum Gasteiger partial charge on any atom is 0.246 e. The molecule has 1 aliphatic rings. The molecule has 0 unspecified atom stereocenters. The molecule has 1 amide bonds. The second-order valence-electron chi connectivity index (χ2n) is 6.10. The smallest absolute Gasteiger partial charge is 0.246 e. The number of carbonyl (C=O) groups excluding carboxylic acids is 1. The lowest BCUT2D eigenvalue weighted by atomic mass is 10.2. The molecule has 3 rings (SSSR count). The van der Waals surface area contributed by atoms with Crippen LogP contribution in [0.5, 0.6) is 5.75 Å². The number of amides is 1. The van der Waals surface area contributed by atoms with E-state index in [0.29, 0.717) is 19.7 Å². The highest BCUT2D eigenvalue weighted by Gasteiger charge is 2.20. The average Bonchev–Trinajstić information content (AvgIpc) is 2.67. The molecule has 0 spiro atoms. The lowest BCUT2D eigenvalue weighted by molar-refractivity contribution is -0.126. The number of piperazine rings is 1. The number of hydrogen-bond acceptors (Lipinski definition) is 3. The largest absolute Gasteiger partial charge is 0.493 e. The number of halogens is 1. The van der Waals surface area contributed by atoms with E-state index in [-0.39, 0.29) is 5.91 Å². The van der Waals surface area contributed by atoms with Gasteiger partial charge in [0.2, 0.25) is 5.91 Å². The van der Waals surface area contributed by atoms with E-state index in [1.54, 1.807) is 6.08 Å². The SMILES string of the molecule is CCOc1ccccc1/C=C/C(=O)N1CCN(c2cccc(Cl)c2)CC1. The zero-order valence-electron chi connectivity index (χ0n) is 14.9. The Morgan fingerprint density at radius 3 is 2.62 bits per heavy atom. The van der Waals surface area contributed by atoms with Crippen LogP contribution in [-0.4, -0.2) is 43.6 Å². The van der Waals surface area contributed by atoms with Crippen LogP contribution in [0.4, 0.5) is 5.69 Å². The molecule has 1 heterocycles. The molecule has 1 saturated heterocycles. The summed E-state index contributed by atoms with van der Waals surface area (Å²) < 4.78 is 5.59. The summed E-state index contributed by atoms with van der Waals surface area (Å²) in [5.41, 5.74) is 2.02. The van der Waals surface area contributed by atoms with Crippen LogP contribution in [0.1, 0.15) is 12.5 Å². The van der Waals surface area contributed by atoms with Crippen LogP contribution < -0.4 is 9.64 Å². The van der Waals surface area contributed by atoms with Crippen LogP contribution in [-0.2, 0) is 4.79 Å². The van der Waals surface area contributed by atoms with Crippen molar-refractivity contribution in [2.24, 2.45) is 0 Å². The minimum absolute atomic E-state index is 0.0297. The molecule has 1 fully saturated rings. The maximum atomic E-state index is 12.5. The number of rotatable bonds is 5. The number of ether oxygens (including phenoxy) is 1. The third-order valence-electron chi connectivity index (χ3n) is 4.39. The first-order chi connectivity index (χ1) is 12.7. The third kappa shape index (κ3) is 4.58. The summed E-state index contributed by atoms with van der Waals surface area (Å²) >= 11 is 6.07. The Morgan fingerprint density at radius 1 is 1.12 bits per heavy atom. The normalized spacial score (nSPS) is 14.7. The number of anilines is 1. The molecule has 0 bridgehead atoms. The van der Waals surface area contributed by atoms with E-state index in [4.69, 9.17) is 16.3 Å². The van der Waals surface area contributed by atoms with E-state index in [9.17, 15) is 4.79 Å². The van der Waals surface area contributed by atoms with E-state index in [1.165, 1.54) is 0 Å². The van der Waals surface area contributed by atoms with Gasteiger partial charge in [-0.1, -0.05) is 35.9 Å². The number of carbonyl (C=O) groups is 1. The molecule has 2 aromatic rings. The lowest BCUT2D eigenvalue weighted by Gasteiger charge is -2.35. The van der Waals surface area contributed by atoms with Crippen molar-refractivity contribution in [3.8, 4) is 5.75 Å². The second kappa shape index (κ2) is 8.77. The van der Waals surface area contributed by atoms with Crippen molar-refractivity contribution in [2.45, 2.75) is 6.92 Å². The highest BCUT2D eigenvalue weighted by atomic mass is 35.5. The zero-order chi connectivity index (χ0) is 18.4. The second-order valence-corrected chi connectivity index (χ2v) is 6.53. The summed E-state index contributed by atoms with van der Waals surface area (Å²) in [6, 6.07) is 15.6. The first-order valence-electron chi connectivity index (χ1n) is 8.86. The van der Waals surface area contributed by atoms with Gasteiger partial charge in [0.15, 0.2) is 0 Å². The maximum absolute atomic E-state index is 12.5. The predicted octanol–water partition coefficient (Wildman–Crippen LogP) is 4.10. The fourth-order valence-electron chi connectivity index (χ4n) is 3.03. The van der Waals surface area contributed by atoms with Crippen molar-refractivity contribution in [2.75, 3.05) is 37.7 Å². The van der Waals surface area contributed by atoms with Crippen LogP contribution >= 0.6 is 11.6 Å². The Hall–Kier alpha value is -2.46. The molecule has 5 heteroatoms. The molecule has 0 radical (unpaired) electrons. The number of nitrogens with zero attached hydrogens (tertiary/aromatic N) is 2. The lowest BCUT2D eigenvalue weighted by Crippen LogP contribution is -2.48. The van der Waals surface area contributed by atoms with Crippen LogP contribution in [0.3, 0.4) is 0 Å². The highest BCUT2D eigenvalue weighted by molar-refractivity contribution is 6.30. The van der Waals surface area contributed by atoms with E-state index in [0.717, 1.165) is 35.1 Å². The summed E-state index contributed by atoms with van der Waals surface area (Å²) in [5.74, 6) is 0.826. The molecule has 0 N–H and O–H groups in total. The molecule has 26 heavy (non-hydrogen) atoms. The Labute approximate surface area is 159 Å². The van der Waals surface area contributed by atoms with Gasteiger partial charge in [-0.25, -0.2) is 0 Å². The molecule has 0 aromatic heterocycles. The molecule has 0 aliphatic carbocycles. The van der Waals surface area contributed by atoms with Crippen molar-refractivity contribution < 1.29 is 9.53 Å². The monoisotopic (exact) mass is 370 g/mol. The van der Waals surface area contributed by atoms with Gasteiger partial charge in [0.05, 0.1) is 6.61 Å². The fourth-order valence-corrected chi connectivity index (χ4v) is 3.21. The quantitative estimate of drug-likeness (QED) is 0.743. The van der Waals surface area contributed by atoms with Gasteiger partial charge in [-0.3, -0.25) is 4.79 Å². The third-order valence-corrected chi connectivity index (χ3v) is 4.62. The first-order valence-corrected chi connectivity index (χ1v) is 9.24. The van der Waals surface area contributed by atoms with Crippen molar-refractivity contribution in [1.82, 2.24) is 4.90 Å². The summed E-state index contributed by atoms with van der Waals surface area (Å²) in [6.45, 7) is 5.55. The molecule has 2 aromatic carbocycles. The first kappa shape index (κ1) is 18.3. The van der Waals surface area contributed by atoms with Gasteiger partial charge < -0.3 is 14.5 Å². The van der Waals surface area contributed by atoms with E-state index in [1.807, 2.05) is 66.4 Å². The van der Waals surface area contributed by atoms with E-state index >= 15 is 0 Å². The minimum atomic E-state index is 0.0297. The topological polar surface area (TPSA) is 32.8 Å². The Morgan fingerprint density at radius 2 is 1.88 bits per heavy atom. The van der Waals surface area contributed by atoms with Crippen molar-refractivity contribution >= 4 is 29.3 Å². The summed E-state index contributed by atoms with van der Waals surface area (Å²) in [4.78, 5) is 16.6. The minimum Gasteiger partial charge on any atom is -0.493 e. The Balaban J connectivity index is 1.59. The summed E-state index contributed by atoms with van der Waals surface area (Å²) in [5, 5.41) is 0.733. The van der Waals surface area contributed by atoms with Gasteiger partial charge in [0.25, 0.3) is 0 Å². The fraction of sp³-hybridized carbons (Fsp3) is 0.286. The van der Waals surface area contributed by atoms with E-state index < -0.39 is 0 Å². The van der Waals surface area contributed by atoms with Gasteiger partial charge in [-0.2, -0.15) is 0 Å². The molecule has 0 saturated carbocycles. The van der Waals surface area contributed by atoms with Gasteiger partial charge in [-0.05, 0) is 37.3 Å². The van der Waals surface area contributed by atoms with Crippen molar-refractivity contribution in [3.63, 3.8) is 0 Å².